The van der Waals surface area contributed by atoms with Gasteiger partial charge in [0.1, 0.15) is 0 Å². The normalized spacial score (nSPS) is 13.6. The smallest absolute Gasteiger partial charge is 0.387 e. The predicted molar refractivity (Wildman–Crippen MR) is 116 cm³/mol. The molecule has 4 rings (SSSR count). The Morgan fingerprint density at radius 3 is 2.45 bits per heavy atom. The van der Waals surface area contributed by atoms with Crippen LogP contribution in [-0.2, 0) is 6.54 Å². The van der Waals surface area contributed by atoms with Crippen molar-refractivity contribution in [1.29, 1.82) is 0 Å². The minimum atomic E-state index is -2.91. The molecule has 3 aromatic rings. The topological polar surface area (TPSA) is 40.5 Å². The van der Waals surface area contributed by atoms with E-state index in [4.69, 9.17) is 4.74 Å². The van der Waals surface area contributed by atoms with Crippen molar-refractivity contribution in [3.63, 3.8) is 0 Å². The summed E-state index contributed by atoms with van der Waals surface area (Å²) < 4.78 is 37.3. The van der Waals surface area contributed by atoms with Crippen molar-refractivity contribution in [3.05, 3.63) is 93.9 Å². The van der Waals surface area contributed by atoms with Crippen LogP contribution in [0.25, 0.3) is 12.2 Å². The first-order valence-electron chi connectivity index (χ1n) is 10.2. The maximum absolute atomic E-state index is 12.7. The fourth-order valence-electron chi connectivity index (χ4n) is 3.17. The second-order valence-corrected chi connectivity index (χ2v) is 7.59. The van der Waals surface area contributed by atoms with Crippen molar-refractivity contribution in [3.8, 4) is 11.5 Å². The predicted octanol–water partition coefficient (Wildman–Crippen LogP) is 5.46. The van der Waals surface area contributed by atoms with Crippen molar-refractivity contribution < 1.29 is 18.3 Å². The van der Waals surface area contributed by atoms with E-state index in [1.54, 1.807) is 29.0 Å². The first kappa shape index (κ1) is 20.8. The summed E-state index contributed by atoms with van der Waals surface area (Å²) in [5.41, 5.74) is 2.60. The number of rotatable bonds is 9. The number of alkyl halides is 2. The zero-order valence-electron chi connectivity index (χ0n) is 16.9. The average Bonchev–Trinajstić information content (AvgIpc) is 3.59. The van der Waals surface area contributed by atoms with Gasteiger partial charge in [-0.15, -0.1) is 0 Å². The van der Waals surface area contributed by atoms with Crippen molar-refractivity contribution in [2.75, 3.05) is 6.61 Å². The molecular formula is C25H23F2NO3. The van der Waals surface area contributed by atoms with Gasteiger partial charge >= 0.3 is 6.61 Å². The van der Waals surface area contributed by atoms with Crippen LogP contribution < -0.4 is 15.0 Å². The summed E-state index contributed by atoms with van der Waals surface area (Å²) in [7, 11) is 0. The van der Waals surface area contributed by atoms with Crippen LogP contribution in [-0.4, -0.2) is 17.8 Å². The van der Waals surface area contributed by atoms with Gasteiger partial charge in [-0.2, -0.15) is 8.78 Å². The van der Waals surface area contributed by atoms with Crippen LogP contribution in [0.2, 0.25) is 0 Å². The quantitative estimate of drug-likeness (QED) is 0.459. The van der Waals surface area contributed by atoms with Gasteiger partial charge in [0, 0.05) is 12.3 Å². The van der Waals surface area contributed by atoms with E-state index in [9.17, 15) is 13.6 Å². The zero-order chi connectivity index (χ0) is 21.6. The van der Waals surface area contributed by atoms with Gasteiger partial charge in [-0.1, -0.05) is 48.6 Å². The summed E-state index contributed by atoms with van der Waals surface area (Å²) in [5.74, 6) is 0.830. The Hall–Kier alpha value is -3.41. The highest BCUT2D eigenvalue weighted by Gasteiger charge is 2.23. The molecule has 6 heteroatoms. The van der Waals surface area contributed by atoms with Crippen LogP contribution in [0.3, 0.4) is 0 Å². The summed E-state index contributed by atoms with van der Waals surface area (Å²) in [4.78, 5) is 12.2. The number of pyridine rings is 1. The molecule has 0 saturated heterocycles. The van der Waals surface area contributed by atoms with Gasteiger partial charge in [0.25, 0.3) is 5.56 Å². The number of hydrogen-bond acceptors (Lipinski definition) is 3. The Bertz CT molecular complexity index is 1110. The van der Waals surface area contributed by atoms with E-state index in [-0.39, 0.29) is 11.3 Å². The first-order valence-corrected chi connectivity index (χ1v) is 10.2. The van der Waals surface area contributed by atoms with Crippen LogP contribution in [0, 0.1) is 5.92 Å². The number of ether oxygens (including phenoxy) is 2. The lowest BCUT2D eigenvalue weighted by atomic mass is 10.1. The Balaban J connectivity index is 1.52. The number of hydrogen-bond donors (Lipinski definition) is 0. The van der Waals surface area contributed by atoms with E-state index in [1.165, 1.54) is 12.1 Å². The SMILES string of the molecule is O=c1ccc(/C=C/c2ccc(OC(F)F)c(OCC3CC3)c2)cn1Cc1ccccc1. The number of nitrogens with zero attached hydrogens (tertiary/aromatic N) is 1. The third-order valence-electron chi connectivity index (χ3n) is 5.03. The second kappa shape index (κ2) is 9.60. The molecule has 0 N–H and O–H groups in total. The van der Waals surface area contributed by atoms with E-state index >= 15 is 0 Å². The van der Waals surface area contributed by atoms with Crippen LogP contribution in [0.5, 0.6) is 11.5 Å². The van der Waals surface area contributed by atoms with E-state index in [1.807, 2.05) is 42.5 Å². The fraction of sp³-hybridized carbons (Fsp3) is 0.240. The van der Waals surface area contributed by atoms with Gasteiger partial charge in [0.2, 0.25) is 0 Å². The standard InChI is InChI=1S/C25H23F2NO3/c26-25(27)31-22-12-10-18(14-23(22)30-17-21-8-9-21)6-7-20-11-13-24(29)28(16-20)15-19-4-2-1-3-5-19/h1-7,10-14,16,21,25H,8-9,15,17H2/b7-6+. The van der Waals surface area contributed by atoms with Gasteiger partial charge in [-0.05, 0) is 53.6 Å². The van der Waals surface area contributed by atoms with Gasteiger partial charge in [-0.3, -0.25) is 4.79 Å². The Kier molecular flexibility index (Phi) is 6.46. The molecule has 1 fully saturated rings. The molecule has 0 spiro atoms. The first-order chi connectivity index (χ1) is 15.1. The lowest BCUT2D eigenvalue weighted by Gasteiger charge is -2.12. The second-order valence-electron chi connectivity index (χ2n) is 7.59. The molecule has 2 aromatic carbocycles. The Morgan fingerprint density at radius 2 is 1.71 bits per heavy atom. The van der Waals surface area contributed by atoms with Crippen molar-refractivity contribution in [2.45, 2.75) is 26.0 Å². The highest BCUT2D eigenvalue weighted by Crippen LogP contribution is 2.34. The molecule has 0 aliphatic heterocycles. The Morgan fingerprint density at radius 1 is 0.968 bits per heavy atom. The monoisotopic (exact) mass is 423 g/mol. The van der Waals surface area contributed by atoms with E-state index in [2.05, 4.69) is 4.74 Å². The molecule has 160 valence electrons. The van der Waals surface area contributed by atoms with Gasteiger partial charge in [-0.25, -0.2) is 0 Å². The van der Waals surface area contributed by atoms with Crippen LogP contribution in [0.15, 0.2) is 71.7 Å². The lowest BCUT2D eigenvalue weighted by Crippen LogP contribution is -2.19. The molecule has 4 nitrogen and oxygen atoms in total. The number of halogens is 2. The van der Waals surface area contributed by atoms with Crippen LogP contribution >= 0.6 is 0 Å². The molecule has 0 unspecified atom stereocenters. The van der Waals surface area contributed by atoms with Gasteiger partial charge in [0.05, 0.1) is 13.2 Å². The maximum atomic E-state index is 12.7. The minimum absolute atomic E-state index is 0.0317. The highest BCUT2D eigenvalue weighted by atomic mass is 19.3. The van der Waals surface area contributed by atoms with Crippen molar-refractivity contribution in [2.24, 2.45) is 5.92 Å². The number of benzene rings is 2. The molecule has 1 heterocycles. The third kappa shape index (κ3) is 6.04. The highest BCUT2D eigenvalue weighted by molar-refractivity contribution is 5.70. The van der Waals surface area contributed by atoms with Crippen molar-refractivity contribution in [1.82, 2.24) is 4.57 Å². The van der Waals surface area contributed by atoms with Crippen molar-refractivity contribution >= 4 is 12.2 Å². The van der Waals surface area contributed by atoms with E-state index < -0.39 is 6.61 Å². The van der Waals surface area contributed by atoms with Gasteiger partial charge in [0.15, 0.2) is 11.5 Å². The lowest BCUT2D eigenvalue weighted by molar-refractivity contribution is -0.0515. The zero-order valence-corrected chi connectivity index (χ0v) is 16.9. The van der Waals surface area contributed by atoms with E-state index in [0.29, 0.717) is 24.8 Å². The summed E-state index contributed by atoms with van der Waals surface area (Å²) in [6, 6.07) is 17.9. The molecule has 0 atom stereocenters. The Labute approximate surface area is 179 Å². The summed E-state index contributed by atoms with van der Waals surface area (Å²) in [6.45, 7) is -1.92. The molecule has 0 amide bonds. The third-order valence-corrected chi connectivity index (χ3v) is 5.03. The number of aromatic nitrogens is 1. The molecule has 1 aliphatic carbocycles. The summed E-state index contributed by atoms with van der Waals surface area (Å²) in [6.07, 6.45) is 7.72. The fourth-order valence-corrected chi connectivity index (χ4v) is 3.17. The molecule has 1 aromatic heterocycles. The molecule has 31 heavy (non-hydrogen) atoms. The molecule has 0 bridgehead atoms. The summed E-state index contributed by atoms with van der Waals surface area (Å²) in [5, 5.41) is 0. The largest absolute Gasteiger partial charge is 0.489 e. The van der Waals surface area contributed by atoms with Crippen LogP contribution in [0.1, 0.15) is 29.5 Å². The molecular weight excluding hydrogens is 400 g/mol. The maximum Gasteiger partial charge on any atom is 0.387 e. The molecule has 1 aliphatic rings. The molecule has 0 radical (unpaired) electrons. The van der Waals surface area contributed by atoms with Crippen LogP contribution in [0.4, 0.5) is 8.78 Å². The van der Waals surface area contributed by atoms with Gasteiger partial charge < -0.3 is 14.0 Å². The molecule has 1 saturated carbocycles. The average molecular weight is 423 g/mol. The van der Waals surface area contributed by atoms with E-state index in [0.717, 1.165) is 29.5 Å². The minimum Gasteiger partial charge on any atom is -0.489 e. The summed E-state index contributed by atoms with van der Waals surface area (Å²) >= 11 is 0.